The Labute approximate surface area is 110 Å². The predicted octanol–water partition coefficient (Wildman–Crippen LogP) is 2.20. The molecule has 2 saturated heterocycles. The van der Waals surface area contributed by atoms with Gasteiger partial charge in [0.2, 0.25) is 0 Å². The minimum atomic E-state index is -0.172. The Morgan fingerprint density at radius 1 is 1.11 bits per heavy atom. The molecule has 4 nitrogen and oxygen atoms in total. The number of amides is 1. The number of piperidine rings is 2. The molecule has 2 fully saturated rings. The predicted molar refractivity (Wildman–Crippen MR) is 71.5 cm³/mol. The highest BCUT2D eigenvalue weighted by molar-refractivity contribution is 5.67. The summed E-state index contributed by atoms with van der Waals surface area (Å²) in [4.78, 5) is 15.9. The maximum Gasteiger partial charge on any atom is 0.409 e. The van der Waals surface area contributed by atoms with Crippen LogP contribution < -0.4 is 0 Å². The first kappa shape index (κ1) is 13.7. The molecular formula is C14H26N2O2. The van der Waals surface area contributed by atoms with Gasteiger partial charge in [0.25, 0.3) is 0 Å². The zero-order chi connectivity index (χ0) is 13.1. The van der Waals surface area contributed by atoms with Crippen molar-refractivity contribution in [2.24, 2.45) is 11.8 Å². The van der Waals surface area contributed by atoms with Crippen molar-refractivity contribution in [2.45, 2.75) is 39.2 Å². The quantitative estimate of drug-likeness (QED) is 0.719. The number of carbonyl (C=O) groups excluding carboxylic acids is 1. The largest absolute Gasteiger partial charge is 0.453 e. The first-order valence-electron chi connectivity index (χ1n) is 7.17. The first-order valence-corrected chi connectivity index (χ1v) is 7.17. The molecule has 0 bridgehead atoms. The number of nitrogens with zero attached hydrogens (tertiary/aromatic N) is 2. The molecule has 0 aromatic carbocycles. The molecule has 2 heterocycles. The van der Waals surface area contributed by atoms with E-state index in [1.165, 1.54) is 26.6 Å². The molecule has 4 heteroatoms. The summed E-state index contributed by atoms with van der Waals surface area (Å²) in [6, 6.07) is 0.663. The van der Waals surface area contributed by atoms with Crippen molar-refractivity contribution in [3.8, 4) is 0 Å². The summed E-state index contributed by atoms with van der Waals surface area (Å²) < 4.78 is 4.78. The second-order valence-electron chi connectivity index (χ2n) is 6.09. The molecule has 2 unspecified atom stereocenters. The Morgan fingerprint density at radius 2 is 1.67 bits per heavy atom. The van der Waals surface area contributed by atoms with Gasteiger partial charge in [-0.2, -0.15) is 0 Å². The Hall–Kier alpha value is -0.770. The number of likely N-dealkylation sites (tertiary alicyclic amines) is 2. The minimum Gasteiger partial charge on any atom is -0.453 e. The standard InChI is InChI=1S/C14H26N2O2/c1-11-8-12(2)10-16(9-11)13-4-6-15(7-5-13)14(17)18-3/h11-13H,4-10H2,1-3H3. The maximum atomic E-state index is 11.4. The van der Waals surface area contributed by atoms with Crippen LogP contribution in [-0.2, 0) is 4.74 Å². The van der Waals surface area contributed by atoms with Gasteiger partial charge in [0, 0.05) is 32.2 Å². The highest BCUT2D eigenvalue weighted by atomic mass is 16.5. The lowest BCUT2D eigenvalue weighted by molar-refractivity contribution is 0.0503. The summed E-state index contributed by atoms with van der Waals surface area (Å²) in [7, 11) is 1.46. The van der Waals surface area contributed by atoms with Crippen LogP contribution in [0.25, 0.3) is 0 Å². The van der Waals surface area contributed by atoms with E-state index in [1.54, 1.807) is 0 Å². The fraction of sp³-hybridized carbons (Fsp3) is 0.929. The molecule has 0 aliphatic carbocycles. The number of ether oxygens (including phenoxy) is 1. The van der Waals surface area contributed by atoms with Crippen molar-refractivity contribution in [1.29, 1.82) is 0 Å². The van der Waals surface area contributed by atoms with Crippen molar-refractivity contribution in [3.63, 3.8) is 0 Å². The highest BCUT2D eigenvalue weighted by Crippen LogP contribution is 2.26. The van der Waals surface area contributed by atoms with Crippen LogP contribution in [0.5, 0.6) is 0 Å². The summed E-state index contributed by atoms with van der Waals surface area (Å²) in [6.07, 6.45) is 3.37. The molecule has 0 aromatic heterocycles. The molecule has 0 N–H and O–H groups in total. The van der Waals surface area contributed by atoms with Gasteiger partial charge in [0.15, 0.2) is 0 Å². The highest BCUT2D eigenvalue weighted by Gasteiger charge is 2.31. The van der Waals surface area contributed by atoms with Gasteiger partial charge < -0.3 is 9.64 Å². The van der Waals surface area contributed by atoms with E-state index in [2.05, 4.69) is 18.7 Å². The molecule has 0 radical (unpaired) electrons. The third-order valence-electron chi connectivity index (χ3n) is 4.31. The van der Waals surface area contributed by atoms with E-state index in [9.17, 15) is 4.79 Å². The Kier molecular flexibility index (Phi) is 4.49. The number of hydrogen-bond donors (Lipinski definition) is 0. The molecule has 0 saturated carbocycles. The Balaban J connectivity index is 1.84. The van der Waals surface area contributed by atoms with Crippen LogP contribution in [0.1, 0.15) is 33.1 Å². The summed E-state index contributed by atoms with van der Waals surface area (Å²) in [5.41, 5.74) is 0. The minimum absolute atomic E-state index is 0.172. The molecular weight excluding hydrogens is 228 g/mol. The Morgan fingerprint density at radius 3 is 2.17 bits per heavy atom. The monoisotopic (exact) mass is 254 g/mol. The van der Waals surface area contributed by atoms with Crippen molar-refractivity contribution < 1.29 is 9.53 Å². The molecule has 18 heavy (non-hydrogen) atoms. The first-order chi connectivity index (χ1) is 8.60. The average Bonchev–Trinajstić information content (AvgIpc) is 2.37. The van der Waals surface area contributed by atoms with Gasteiger partial charge in [-0.1, -0.05) is 13.8 Å². The fourth-order valence-corrected chi connectivity index (χ4v) is 3.55. The number of rotatable bonds is 1. The lowest BCUT2D eigenvalue weighted by Gasteiger charge is -2.43. The average molecular weight is 254 g/mol. The van der Waals surface area contributed by atoms with E-state index in [0.29, 0.717) is 6.04 Å². The summed E-state index contributed by atoms with van der Waals surface area (Å²) in [5.74, 6) is 1.62. The van der Waals surface area contributed by atoms with Gasteiger partial charge in [-0.3, -0.25) is 4.90 Å². The van der Waals surface area contributed by atoms with Crippen molar-refractivity contribution in [2.75, 3.05) is 33.3 Å². The lowest BCUT2D eigenvalue weighted by atomic mass is 9.89. The van der Waals surface area contributed by atoms with Gasteiger partial charge in [0.1, 0.15) is 0 Å². The second-order valence-corrected chi connectivity index (χ2v) is 6.09. The van der Waals surface area contributed by atoms with E-state index >= 15 is 0 Å². The van der Waals surface area contributed by atoms with E-state index < -0.39 is 0 Å². The van der Waals surface area contributed by atoms with Gasteiger partial charge in [-0.25, -0.2) is 4.79 Å². The summed E-state index contributed by atoms with van der Waals surface area (Å²) in [5, 5.41) is 0. The van der Waals surface area contributed by atoms with Gasteiger partial charge in [0.05, 0.1) is 7.11 Å². The SMILES string of the molecule is COC(=O)N1CCC(N2CC(C)CC(C)C2)CC1. The van der Waals surface area contributed by atoms with E-state index in [1.807, 2.05) is 4.90 Å². The fourth-order valence-electron chi connectivity index (χ4n) is 3.55. The third-order valence-corrected chi connectivity index (χ3v) is 4.31. The van der Waals surface area contributed by atoms with Crippen molar-refractivity contribution in [3.05, 3.63) is 0 Å². The van der Waals surface area contributed by atoms with E-state index in [4.69, 9.17) is 4.74 Å². The van der Waals surface area contributed by atoms with Crippen molar-refractivity contribution in [1.82, 2.24) is 9.80 Å². The normalized spacial score (nSPS) is 31.4. The lowest BCUT2D eigenvalue weighted by Crippen LogP contribution is -2.50. The van der Waals surface area contributed by atoms with Gasteiger partial charge >= 0.3 is 6.09 Å². The van der Waals surface area contributed by atoms with Crippen LogP contribution in [0.3, 0.4) is 0 Å². The number of hydrogen-bond acceptors (Lipinski definition) is 3. The van der Waals surface area contributed by atoms with Crippen LogP contribution in [0.4, 0.5) is 4.79 Å². The molecule has 0 aromatic rings. The summed E-state index contributed by atoms with van der Waals surface area (Å²) >= 11 is 0. The number of carbonyl (C=O) groups is 1. The van der Waals surface area contributed by atoms with Crippen LogP contribution >= 0.6 is 0 Å². The van der Waals surface area contributed by atoms with Crippen LogP contribution in [0, 0.1) is 11.8 Å². The molecule has 1 amide bonds. The zero-order valence-corrected chi connectivity index (χ0v) is 11.9. The molecule has 0 spiro atoms. The van der Waals surface area contributed by atoms with E-state index in [0.717, 1.165) is 37.8 Å². The molecule has 2 atom stereocenters. The van der Waals surface area contributed by atoms with Crippen LogP contribution in [0.2, 0.25) is 0 Å². The summed E-state index contributed by atoms with van der Waals surface area (Å²) in [6.45, 7) is 8.85. The third kappa shape index (κ3) is 3.16. The van der Waals surface area contributed by atoms with Crippen LogP contribution in [0.15, 0.2) is 0 Å². The van der Waals surface area contributed by atoms with Gasteiger partial charge in [-0.05, 0) is 31.1 Å². The van der Waals surface area contributed by atoms with Crippen molar-refractivity contribution >= 4 is 6.09 Å². The molecule has 2 rings (SSSR count). The zero-order valence-electron chi connectivity index (χ0n) is 11.9. The van der Waals surface area contributed by atoms with Crippen LogP contribution in [-0.4, -0.2) is 55.2 Å². The van der Waals surface area contributed by atoms with E-state index in [-0.39, 0.29) is 6.09 Å². The topological polar surface area (TPSA) is 32.8 Å². The molecule has 2 aliphatic rings. The molecule has 2 aliphatic heterocycles. The smallest absolute Gasteiger partial charge is 0.409 e. The number of methoxy groups -OCH3 is 1. The van der Waals surface area contributed by atoms with Gasteiger partial charge in [-0.15, -0.1) is 0 Å². The maximum absolute atomic E-state index is 11.4. The Bertz CT molecular complexity index is 278. The second kappa shape index (κ2) is 5.91. The molecule has 104 valence electrons.